The molecular formula is C20H19NO4. The molecule has 2 aromatic carbocycles. The predicted molar refractivity (Wildman–Crippen MR) is 92.2 cm³/mol. The number of carbonyl (C=O) groups is 3. The number of imide groups is 1. The zero-order chi connectivity index (χ0) is 18.0. The average molecular weight is 337 g/mol. The summed E-state index contributed by atoms with van der Waals surface area (Å²) in [4.78, 5) is 38.9. The van der Waals surface area contributed by atoms with E-state index >= 15 is 0 Å². The normalized spacial score (nSPS) is 14.4. The number of fused-ring (bicyclic) bond motifs is 1. The number of carbonyl (C=O) groups excluding carboxylic acids is 3. The van der Waals surface area contributed by atoms with Crippen LogP contribution in [0.15, 0.2) is 48.5 Å². The highest BCUT2D eigenvalue weighted by molar-refractivity contribution is 6.22. The molecular weight excluding hydrogens is 318 g/mol. The van der Waals surface area contributed by atoms with E-state index in [1.54, 1.807) is 31.2 Å². The van der Waals surface area contributed by atoms with Crippen LogP contribution in [0, 0.1) is 6.92 Å². The van der Waals surface area contributed by atoms with E-state index in [4.69, 9.17) is 4.74 Å². The molecule has 0 spiro atoms. The minimum Gasteiger partial charge on any atom is -0.464 e. The van der Waals surface area contributed by atoms with E-state index in [1.165, 1.54) is 0 Å². The van der Waals surface area contributed by atoms with E-state index < -0.39 is 23.8 Å². The first-order valence-electron chi connectivity index (χ1n) is 8.22. The van der Waals surface area contributed by atoms with Gasteiger partial charge in [-0.2, -0.15) is 0 Å². The molecule has 25 heavy (non-hydrogen) atoms. The minimum absolute atomic E-state index is 0.187. The molecule has 0 radical (unpaired) electrons. The first kappa shape index (κ1) is 16.9. The van der Waals surface area contributed by atoms with Gasteiger partial charge in [-0.15, -0.1) is 0 Å². The van der Waals surface area contributed by atoms with Gasteiger partial charge in [0.2, 0.25) is 0 Å². The summed E-state index contributed by atoms with van der Waals surface area (Å²) in [5.74, 6) is -1.48. The first-order chi connectivity index (χ1) is 12.0. The monoisotopic (exact) mass is 337 g/mol. The summed E-state index contributed by atoms with van der Waals surface area (Å²) >= 11 is 0. The van der Waals surface area contributed by atoms with Crippen LogP contribution < -0.4 is 0 Å². The molecule has 1 atom stereocenters. The fourth-order valence-electron chi connectivity index (χ4n) is 3.07. The quantitative estimate of drug-likeness (QED) is 0.622. The number of nitrogens with zero attached hydrogens (tertiary/aromatic N) is 1. The van der Waals surface area contributed by atoms with Gasteiger partial charge in [-0.05, 0) is 31.5 Å². The van der Waals surface area contributed by atoms with Gasteiger partial charge in [0, 0.05) is 6.42 Å². The lowest BCUT2D eigenvalue weighted by Gasteiger charge is -2.24. The van der Waals surface area contributed by atoms with Gasteiger partial charge in [-0.1, -0.05) is 42.0 Å². The van der Waals surface area contributed by atoms with Crippen molar-refractivity contribution in [2.45, 2.75) is 26.3 Å². The number of hydrogen-bond acceptors (Lipinski definition) is 4. The molecule has 5 heteroatoms. The maximum absolute atomic E-state index is 12.7. The van der Waals surface area contributed by atoms with Gasteiger partial charge in [0.1, 0.15) is 6.04 Å². The second-order valence-corrected chi connectivity index (χ2v) is 5.99. The highest BCUT2D eigenvalue weighted by Crippen LogP contribution is 2.26. The summed E-state index contributed by atoms with van der Waals surface area (Å²) in [6.45, 7) is 3.83. The van der Waals surface area contributed by atoms with E-state index in [2.05, 4.69) is 0 Å². The summed E-state index contributed by atoms with van der Waals surface area (Å²) in [6.07, 6.45) is 0.228. The number of esters is 1. The number of hydrogen-bond donors (Lipinski definition) is 0. The highest BCUT2D eigenvalue weighted by Gasteiger charge is 2.43. The van der Waals surface area contributed by atoms with Gasteiger partial charge in [0.15, 0.2) is 0 Å². The largest absolute Gasteiger partial charge is 0.464 e. The molecule has 5 nitrogen and oxygen atoms in total. The molecule has 1 unspecified atom stereocenters. The van der Waals surface area contributed by atoms with Crippen LogP contribution in [0.1, 0.15) is 38.8 Å². The maximum Gasteiger partial charge on any atom is 0.329 e. The van der Waals surface area contributed by atoms with Crippen LogP contribution >= 0.6 is 0 Å². The number of aryl methyl sites for hydroxylation is 1. The Kier molecular flexibility index (Phi) is 4.65. The smallest absolute Gasteiger partial charge is 0.329 e. The SMILES string of the molecule is CCOC(=O)C(Cc1cccc(C)c1)N1C(=O)c2ccccc2C1=O. The fourth-order valence-corrected chi connectivity index (χ4v) is 3.07. The maximum atomic E-state index is 12.7. The van der Waals surface area contributed by atoms with Gasteiger partial charge >= 0.3 is 5.97 Å². The Labute approximate surface area is 146 Å². The number of ether oxygens (including phenoxy) is 1. The Bertz CT molecular complexity index is 808. The Morgan fingerprint density at radius 2 is 1.68 bits per heavy atom. The minimum atomic E-state index is -0.978. The molecule has 2 amide bonds. The van der Waals surface area contributed by atoms with Crippen molar-refractivity contribution in [3.63, 3.8) is 0 Å². The van der Waals surface area contributed by atoms with Crippen LogP contribution in [0.4, 0.5) is 0 Å². The standard InChI is InChI=1S/C20H19NO4/c1-3-25-20(24)17(12-14-8-6-7-13(2)11-14)21-18(22)15-9-4-5-10-16(15)19(21)23/h4-11,17H,3,12H2,1-2H3. The van der Waals surface area contributed by atoms with Crippen LogP contribution in [-0.4, -0.2) is 35.3 Å². The molecule has 1 aliphatic heterocycles. The van der Waals surface area contributed by atoms with Gasteiger partial charge in [-0.3, -0.25) is 14.5 Å². The molecule has 128 valence electrons. The van der Waals surface area contributed by atoms with Crippen LogP contribution in [0.25, 0.3) is 0 Å². The molecule has 1 heterocycles. The summed E-state index contributed by atoms with van der Waals surface area (Å²) in [6, 6.07) is 13.3. The predicted octanol–water partition coefficient (Wildman–Crippen LogP) is 2.77. The van der Waals surface area contributed by atoms with Crippen LogP contribution in [0.3, 0.4) is 0 Å². The molecule has 0 bridgehead atoms. The number of benzene rings is 2. The zero-order valence-corrected chi connectivity index (χ0v) is 14.2. The third kappa shape index (κ3) is 3.18. The first-order valence-corrected chi connectivity index (χ1v) is 8.22. The molecule has 3 rings (SSSR count). The van der Waals surface area contributed by atoms with E-state index in [0.29, 0.717) is 11.1 Å². The lowest BCUT2D eigenvalue weighted by Crippen LogP contribution is -2.47. The van der Waals surface area contributed by atoms with Crippen molar-refractivity contribution >= 4 is 17.8 Å². The molecule has 1 aliphatic rings. The lowest BCUT2D eigenvalue weighted by atomic mass is 10.0. The Morgan fingerprint density at radius 1 is 1.04 bits per heavy atom. The second kappa shape index (κ2) is 6.89. The Morgan fingerprint density at radius 3 is 2.24 bits per heavy atom. The van der Waals surface area contributed by atoms with Crippen LogP contribution in [0.5, 0.6) is 0 Å². The summed E-state index contributed by atoms with van der Waals surface area (Å²) in [7, 11) is 0. The van der Waals surface area contributed by atoms with Crippen molar-refractivity contribution in [3.05, 3.63) is 70.8 Å². The van der Waals surface area contributed by atoms with E-state index in [1.807, 2.05) is 31.2 Å². The van der Waals surface area contributed by atoms with Crippen molar-refractivity contribution < 1.29 is 19.1 Å². The fraction of sp³-hybridized carbons (Fsp3) is 0.250. The zero-order valence-electron chi connectivity index (χ0n) is 14.2. The van der Waals surface area contributed by atoms with Gasteiger partial charge in [0.05, 0.1) is 17.7 Å². The Balaban J connectivity index is 1.97. The van der Waals surface area contributed by atoms with E-state index in [9.17, 15) is 14.4 Å². The third-order valence-corrected chi connectivity index (χ3v) is 4.21. The number of amides is 2. The summed E-state index contributed by atoms with van der Waals surface area (Å²) in [5.41, 5.74) is 2.56. The molecule has 0 aromatic heterocycles. The lowest BCUT2D eigenvalue weighted by molar-refractivity contribution is -0.147. The van der Waals surface area contributed by atoms with Crippen molar-refractivity contribution in [1.29, 1.82) is 0 Å². The molecule has 0 fully saturated rings. The molecule has 0 N–H and O–H groups in total. The Hall–Kier alpha value is -2.95. The number of rotatable bonds is 5. The highest BCUT2D eigenvalue weighted by atomic mass is 16.5. The summed E-state index contributed by atoms with van der Waals surface area (Å²) < 4.78 is 5.13. The molecule has 0 saturated carbocycles. The molecule has 2 aromatic rings. The van der Waals surface area contributed by atoms with Crippen molar-refractivity contribution in [3.8, 4) is 0 Å². The van der Waals surface area contributed by atoms with Crippen molar-refractivity contribution in [2.24, 2.45) is 0 Å². The van der Waals surface area contributed by atoms with Gasteiger partial charge in [-0.25, -0.2) is 4.79 Å². The van der Waals surface area contributed by atoms with Crippen molar-refractivity contribution in [1.82, 2.24) is 4.90 Å². The van der Waals surface area contributed by atoms with Crippen LogP contribution in [-0.2, 0) is 16.0 Å². The van der Waals surface area contributed by atoms with Crippen LogP contribution in [0.2, 0.25) is 0 Å². The van der Waals surface area contributed by atoms with Gasteiger partial charge in [0.25, 0.3) is 11.8 Å². The van der Waals surface area contributed by atoms with Crippen molar-refractivity contribution in [2.75, 3.05) is 6.61 Å². The van der Waals surface area contributed by atoms with Gasteiger partial charge < -0.3 is 4.74 Å². The summed E-state index contributed by atoms with van der Waals surface area (Å²) in [5, 5.41) is 0. The molecule has 0 aliphatic carbocycles. The molecule has 0 saturated heterocycles. The third-order valence-electron chi connectivity index (χ3n) is 4.21. The van der Waals surface area contributed by atoms with E-state index in [-0.39, 0.29) is 13.0 Å². The average Bonchev–Trinajstić information content (AvgIpc) is 2.85. The topological polar surface area (TPSA) is 63.7 Å². The second-order valence-electron chi connectivity index (χ2n) is 5.99. The van der Waals surface area contributed by atoms with E-state index in [0.717, 1.165) is 16.0 Å².